The van der Waals surface area contributed by atoms with Gasteiger partial charge in [-0.1, -0.05) is 48.0 Å². The predicted octanol–water partition coefficient (Wildman–Crippen LogP) is 5.75. The van der Waals surface area contributed by atoms with Crippen molar-refractivity contribution in [3.63, 3.8) is 0 Å². The number of benzene rings is 3. The van der Waals surface area contributed by atoms with E-state index in [0.717, 1.165) is 11.1 Å². The number of ether oxygens (including phenoxy) is 1. The zero-order valence-electron chi connectivity index (χ0n) is 17.1. The molecule has 0 atom stereocenters. The number of aryl methyl sites for hydroxylation is 2. The molecule has 1 amide bonds. The van der Waals surface area contributed by atoms with Crippen molar-refractivity contribution in [2.75, 3.05) is 11.9 Å². The lowest BCUT2D eigenvalue weighted by Gasteiger charge is -2.12. The van der Waals surface area contributed by atoms with Crippen LogP contribution in [0.5, 0.6) is 5.75 Å². The van der Waals surface area contributed by atoms with Crippen LogP contribution in [0.1, 0.15) is 11.1 Å². The molecular weight excluding hydrogens is 414 g/mol. The lowest BCUT2D eigenvalue weighted by Crippen LogP contribution is -2.22. The van der Waals surface area contributed by atoms with Gasteiger partial charge in [0.1, 0.15) is 5.58 Å². The topological polar surface area (TPSA) is 68.5 Å². The molecule has 0 unspecified atom stereocenters. The van der Waals surface area contributed by atoms with Crippen molar-refractivity contribution < 1.29 is 13.9 Å². The second kappa shape index (κ2) is 8.66. The van der Waals surface area contributed by atoms with Gasteiger partial charge in [-0.25, -0.2) is 0 Å². The number of anilines is 1. The van der Waals surface area contributed by atoms with Crippen LogP contribution < -0.4 is 15.5 Å². The third-order valence-corrected chi connectivity index (χ3v) is 5.22. The van der Waals surface area contributed by atoms with E-state index in [1.807, 2.05) is 62.4 Å². The normalized spacial score (nSPS) is 10.8. The molecule has 0 aliphatic rings. The van der Waals surface area contributed by atoms with Gasteiger partial charge >= 0.3 is 0 Å². The van der Waals surface area contributed by atoms with Gasteiger partial charge in [0.05, 0.1) is 5.39 Å². The second-order valence-electron chi connectivity index (χ2n) is 7.23. The standard InChI is InChI=1S/C25H20ClNO4/c1-15-8-10-19(12-16(15)2)27-22(28)14-30-25-23(29)20-13-18(26)9-11-21(20)31-24(25)17-6-4-3-5-7-17/h3-13H,14H2,1-2H3,(H,27,28). The van der Waals surface area contributed by atoms with E-state index in [4.69, 9.17) is 20.8 Å². The zero-order chi connectivity index (χ0) is 22.0. The van der Waals surface area contributed by atoms with Gasteiger partial charge in [-0.2, -0.15) is 0 Å². The molecule has 0 radical (unpaired) electrons. The summed E-state index contributed by atoms with van der Waals surface area (Å²) in [6.45, 7) is 3.63. The highest BCUT2D eigenvalue weighted by Crippen LogP contribution is 2.31. The molecule has 6 heteroatoms. The maximum Gasteiger partial charge on any atom is 0.262 e. The van der Waals surface area contributed by atoms with Crippen LogP contribution in [0.15, 0.2) is 75.9 Å². The number of nitrogens with one attached hydrogen (secondary N) is 1. The van der Waals surface area contributed by atoms with Gasteiger partial charge in [0.2, 0.25) is 11.2 Å². The lowest BCUT2D eigenvalue weighted by atomic mass is 10.1. The van der Waals surface area contributed by atoms with E-state index >= 15 is 0 Å². The number of halogens is 1. The van der Waals surface area contributed by atoms with Gasteiger partial charge < -0.3 is 14.5 Å². The Kier molecular flexibility index (Phi) is 5.78. The molecular formula is C25H20ClNO4. The van der Waals surface area contributed by atoms with Crippen LogP contribution >= 0.6 is 11.6 Å². The van der Waals surface area contributed by atoms with Crippen LogP contribution in [0.2, 0.25) is 5.02 Å². The molecule has 4 rings (SSSR count). The highest BCUT2D eigenvalue weighted by Gasteiger charge is 2.19. The van der Waals surface area contributed by atoms with E-state index < -0.39 is 0 Å². The van der Waals surface area contributed by atoms with E-state index in [1.165, 1.54) is 6.07 Å². The van der Waals surface area contributed by atoms with Gasteiger partial charge in [0.25, 0.3) is 5.91 Å². The highest BCUT2D eigenvalue weighted by atomic mass is 35.5. The molecule has 4 aromatic rings. The van der Waals surface area contributed by atoms with Gasteiger partial charge in [-0.3, -0.25) is 9.59 Å². The average Bonchev–Trinajstić information content (AvgIpc) is 2.76. The van der Waals surface area contributed by atoms with Gasteiger partial charge in [-0.05, 0) is 55.3 Å². The molecule has 156 valence electrons. The first-order valence-electron chi connectivity index (χ1n) is 9.74. The Morgan fingerprint density at radius 1 is 1.00 bits per heavy atom. The highest BCUT2D eigenvalue weighted by molar-refractivity contribution is 6.31. The van der Waals surface area contributed by atoms with Crippen LogP contribution in [-0.4, -0.2) is 12.5 Å². The number of hydrogen-bond acceptors (Lipinski definition) is 4. The van der Waals surface area contributed by atoms with E-state index in [2.05, 4.69) is 5.32 Å². The van der Waals surface area contributed by atoms with Crippen LogP contribution in [0.4, 0.5) is 5.69 Å². The van der Waals surface area contributed by atoms with Crippen molar-refractivity contribution in [1.82, 2.24) is 0 Å². The molecule has 31 heavy (non-hydrogen) atoms. The first-order chi connectivity index (χ1) is 14.9. The molecule has 0 saturated heterocycles. The van der Waals surface area contributed by atoms with E-state index in [9.17, 15) is 9.59 Å². The van der Waals surface area contributed by atoms with Crippen molar-refractivity contribution in [3.05, 3.63) is 93.1 Å². The molecule has 0 fully saturated rings. The first-order valence-corrected chi connectivity index (χ1v) is 10.1. The van der Waals surface area contributed by atoms with Crippen LogP contribution in [0.25, 0.3) is 22.3 Å². The minimum Gasteiger partial charge on any atom is -0.476 e. The van der Waals surface area contributed by atoms with Gasteiger partial charge in [0.15, 0.2) is 12.4 Å². The molecule has 1 N–H and O–H groups in total. The van der Waals surface area contributed by atoms with Crippen molar-refractivity contribution in [1.29, 1.82) is 0 Å². The maximum absolute atomic E-state index is 13.2. The fraction of sp³-hybridized carbons (Fsp3) is 0.120. The van der Waals surface area contributed by atoms with E-state index in [-0.39, 0.29) is 34.8 Å². The number of amides is 1. The Balaban J connectivity index is 1.67. The Morgan fingerprint density at radius 2 is 1.77 bits per heavy atom. The third kappa shape index (κ3) is 4.47. The number of fused-ring (bicyclic) bond motifs is 1. The van der Waals surface area contributed by atoms with Crippen LogP contribution in [0.3, 0.4) is 0 Å². The summed E-state index contributed by atoms with van der Waals surface area (Å²) in [5, 5.41) is 3.48. The first kappa shape index (κ1) is 20.7. The quantitative estimate of drug-likeness (QED) is 0.435. The number of carbonyl (C=O) groups is 1. The molecule has 1 aromatic heterocycles. The molecule has 0 spiro atoms. The molecule has 1 heterocycles. The van der Waals surface area contributed by atoms with E-state index in [1.54, 1.807) is 12.1 Å². The summed E-state index contributed by atoms with van der Waals surface area (Å²) in [6, 6.07) is 19.6. The fourth-order valence-corrected chi connectivity index (χ4v) is 3.39. The summed E-state index contributed by atoms with van der Waals surface area (Å²) in [4.78, 5) is 25.6. The predicted molar refractivity (Wildman–Crippen MR) is 123 cm³/mol. The monoisotopic (exact) mass is 433 g/mol. The van der Waals surface area contributed by atoms with Gasteiger partial charge in [-0.15, -0.1) is 0 Å². The second-order valence-corrected chi connectivity index (χ2v) is 7.67. The molecule has 0 saturated carbocycles. The Hall–Kier alpha value is -3.57. The maximum atomic E-state index is 13.2. The van der Waals surface area contributed by atoms with Crippen molar-refractivity contribution in [2.45, 2.75) is 13.8 Å². The fourth-order valence-electron chi connectivity index (χ4n) is 3.21. The van der Waals surface area contributed by atoms with E-state index in [0.29, 0.717) is 21.9 Å². The minimum absolute atomic E-state index is 0.0313. The van der Waals surface area contributed by atoms with Crippen LogP contribution in [-0.2, 0) is 4.79 Å². The van der Waals surface area contributed by atoms with Crippen molar-refractivity contribution in [2.24, 2.45) is 0 Å². The number of rotatable bonds is 5. The smallest absolute Gasteiger partial charge is 0.262 e. The Labute approximate surface area is 184 Å². The SMILES string of the molecule is Cc1ccc(NC(=O)COc2c(-c3ccccc3)oc3ccc(Cl)cc3c2=O)cc1C. The summed E-state index contributed by atoms with van der Waals surface area (Å²) in [7, 11) is 0. The van der Waals surface area contributed by atoms with Gasteiger partial charge in [0, 0.05) is 16.3 Å². The Bertz CT molecular complexity index is 1330. The number of hydrogen-bond donors (Lipinski definition) is 1. The number of carbonyl (C=O) groups excluding carboxylic acids is 1. The van der Waals surface area contributed by atoms with Crippen molar-refractivity contribution >= 4 is 34.2 Å². The molecule has 3 aromatic carbocycles. The third-order valence-electron chi connectivity index (χ3n) is 4.98. The molecule has 5 nitrogen and oxygen atoms in total. The summed E-state index contributed by atoms with van der Waals surface area (Å²) in [6.07, 6.45) is 0. The minimum atomic E-state index is -0.387. The summed E-state index contributed by atoms with van der Waals surface area (Å²) in [5.74, 6) is -0.150. The summed E-state index contributed by atoms with van der Waals surface area (Å²) >= 11 is 6.06. The zero-order valence-corrected chi connectivity index (χ0v) is 17.8. The summed E-state index contributed by atoms with van der Waals surface area (Å²) in [5.41, 5.74) is 3.53. The van der Waals surface area contributed by atoms with Crippen LogP contribution in [0, 0.1) is 13.8 Å². The average molecular weight is 434 g/mol. The Morgan fingerprint density at radius 3 is 2.52 bits per heavy atom. The van der Waals surface area contributed by atoms with Crippen molar-refractivity contribution in [3.8, 4) is 17.1 Å². The molecule has 0 aliphatic heterocycles. The summed E-state index contributed by atoms with van der Waals surface area (Å²) < 4.78 is 11.7. The lowest BCUT2D eigenvalue weighted by molar-refractivity contribution is -0.118. The molecule has 0 aliphatic carbocycles. The molecule has 0 bridgehead atoms. The largest absolute Gasteiger partial charge is 0.476 e.